The van der Waals surface area contributed by atoms with E-state index >= 15 is 0 Å². The first kappa shape index (κ1) is 201. The summed E-state index contributed by atoms with van der Waals surface area (Å²) in [7, 11) is -30.1. The Morgan fingerprint density at radius 2 is 0.329 bits per heavy atom. The Hall–Kier alpha value is 1.44. The van der Waals surface area contributed by atoms with E-state index in [1.54, 1.807) is 0 Å². The van der Waals surface area contributed by atoms with Crippen molar-refractivity contribution < 1.29 is 312 Å². The summed E-state index contributed by atoms with van der Waals surface area (Å²) in [5.74, 6) is 0. The van der Waals surface area contributed by atoms with Crippen molar-refractivity contribution >= 4 is 80.9 Å². The van der Waals surface area contributed by atoms with Crippen molar-refractivity contribution in [3.8, 4) is 0 Å². The zero-order valence-corrected chi connectivity index (χ0v) is 55.3. The standard InChI is InChI=1S/8CH4O3S.2CH4.8CH3.8Fe.2H2O2.8H2O.6O/c8*1-5(2,3)4;;;;;;;;;;;;;;;;;;;2*1-2;;;;;;;;;;;;;;/h8*1H3,(H,2,3,4);2*1H4;8*1H3;;;;;;;;;2*1-2H;8*1H2;;;;;;/q;;;;;;;;;;8*-1;4*+1;2*+2;2*+3;;;;;;;;;;;;;;;;/p-7. The molecular formula is C18H77Fe8O42S8-. The third-order valence-electron chi connectivity index (χ3n) is 0. The molecule has 0 atom stereocenters. The summed E-state index contributed by atoms with van der Waals surface area (Å²) in [6, 6.07) is 0. The van der Waals surface area contributed by atoms with Gasteiger partial charge in [-0.2, -0.15) is 42.1 Å². The fourth-order valence-corrected chi connectivity index (χ4v) is 0. The van der Waals surface area contributed by atoms with Crippen LogP contribution in [0.2, 0.25) is 0 Å². The Morgan fingerprint density at radius 1 is 0.329 bits per heavy atom. The molecule has 0 aliphatic rings. The van der Waals surface area contributed by atoms with Crippen LogP contribution in [-0.4, -0.2) is 210 Å². The van der Waals surface area contributed by atoms with E-state index < -0.39 is 171 Å². The molecule has 0 aliphatic carbocycles. The van der Waals surface area contributed by atoms with Crippen molar-refractivity contribution in [2.45, 2.75) is 14.9 Å². The van der Waals surface area contributed by atoms with Crippen LogP contribution in [0.4, 0.5) is 0 Å². The van der Waals surface area contributed by atoms with Crippen LogP contribution in [-0.2, 0) is 229 Å². The van der Waals surface area contributed by atoms with E-state index in [4.69, 9.17) is 130 Å². The monoisotopic (exact) mass is 1670 g/mol. The van der Waals surface area contributed by atoms with Gasteiger partial charge in [0.2, 0.25) is 0 Å². The summed E-state index contributed by atoms with van der Waals surface area (Å²) >= 11 is -6.00. The number of rotatable bonds is 0. The van der Waals surface area contributed by atoms with Crippen molar-refractivity contribution in [3.63, 3.8) is 0 Å². The molecule has 0 fully saturated rings. The van der Waals surface area contributed by atoms with Crippen LogP contribution in [0.25, 0.3) is 0 Å². The normalized spacial score (nSPS) is 7.58. The van der Waals surface area contributed by atoms with Gasteiger partial charge < -0.3 is 84.0 Å². The number of hydrogen-bond donors (Lipinski definition) is 13. The van der Waals surface area contributed by atoms with Gasteiger partial charge in [-0.3, -0.25) is 43.8 Å². The van der Waals surface area contributed by atoms with Gasteiger partial charge in [-0.25, -0.2) is 25.3 Å². The van der Waals surface area contributed by atoms with E-state index in [1.807, 2.05) is 0 Å². The Morgan fingerprint density at radius 3 is 0.329 bits per heavy atom. The zero-order chi connectivity index (χ0) is 56.2. The second kappa shape index (κ2) is 142. The molecule has 0 heterocycles. The van der Waals surface area contributed by atoms with Crippen molar-refractivity contribution in [3.05, 3.63) is 59.4 Å². The quantitative estimate of drug-likeness (QED) is 0.0274. The second-order valence-electron chi connectivity index (χ2n) is 6.16. The van der Waals surface area contributed by atoms with Crippen LogP contribution < -0.4 is 0 Å². The SMILES string of the molecule is C.C.CS(=O)(=O)O.CS(=O)(=O)O.CS(=O)(=O)O.CS(=O)(=O)O.CS(=O)(=O)O.CS(=O)(=O)[O-].CS(=O)(=O)[O-].CS(=O)(=O)[O-].O.OO.OO.[CH3-].[CH3-].[CH3-].[CH3-].[CH3-].[CH3-].[CH3-].[CH3-].[Fe+3].[Fe+3].[H+].[H+].[H+].[OH-].[O]=[Fe]=[OH+].[O]=[Fe]=[OH+].[O]=[Fe][OH].[O]=[Fe][OH].[O]=[Fe][OH].[O]=[Fe][OH]. The molecule has 0 aromatic rings. The molecule has 18 N–H and O–H groups in total. The van der Waals surface area contributed by atoms with Gasteiger partial charge in [0.1, 0.15) is 0 Å². The summed E-state index contributed by atoms with van der Waals surface area (Å²) in [5, 5.41) is 24.0. The summed E-state index contributed by atoms with van der Waals surface area (Å²) in [6.07, 6.45) is 5.39. The molecule has 58 heteroatoms. The molecule has 0 aromatic heterocycles. The molecule has 0 bridgehead atoms. The van der Waals surface area contributed by atoms with E-state index in [9.17, 15) is 42.1 Å². The minimum absolute atomic E-state index is 0. The molecule has 514 valence electrons. The molecule has 0 saturated heterocycles. The summed E-state index contributed by atoms with van der Waals surface area (Å²) in [6.45, 7) is 0. The fourth-order valence-electron chi connectivity index (χ4n) is 0. The van der Waals surface area contributed by atoms with Gasteiger partial charge in [0, 0.05) is 18.8 Å². The predicted molar refractivity (Wildman–Crippen MR) is 235 cm³/mol. The van der Waals surface area contributed by atoms with Crippen LogP contribution in [0.3, 0.4) is 0 Å². The van der Waals surface area contributed by atoms with Gasteiger partial charge >= 0.3 is 176 Å². The Kier molecular flexibility index (Phi) is 374. The third-order valence-corrected chi connectivity index (χ3v) is 0. The summed E-state index contributed by atoms with van der Waals surface area (Å²) in [4.78, 5) is 0. The van der Waals surface area contributed by atoms with Crippen LogP contribution in [0, 0.1) is 59.4 Å². The Bertz CT molecular complexity index is 1510. The van der Waals surface area contributed by atoms with Gasteiger partial charge in [-0.15, -0.1) is 0 Å². The van der Waals surface area contributed by atoms with Crippen molar-refractivity contribution in [2.24, 2.45) is 0 Å². The van der Waals surface area contributed by atoms with Gasteiger partial charge in [0.15, 0.2) is 0 Å². The first-order valence-corrected chi connectivity index (χ1v) is 29.9. The van der Waals surface area contributed by atoms with Crippen molar-refractivity contribution in [2.75, 3.05) is 50.0 Å². The average molecular weight is 1670 g/mol. The molecule has 76 heavy (non-hydrogen) atoms. The molecule has 0 amide bonds. The third kappa shape index (κ3) is 203000. The van der Waals surface area contributed by atoms with Gasteiger partial charge in [0.25, 0.3) is 50.6 Å². The first-order valence-electron chi connectivity index (χ1n) is 9.56. The second-order valence-corrected chi connectivity index (χ2v) is 18.9. The maximum atomic E-state index is 9.19. The topological polar surface area (TPSA) is 812 Å². The molecule has 42 nitrogen and oxygen atoms in total. The first-order chi connectivity index (χ1) is 26.5. The van der Waals surface area contributed by atoms with Crippen LogP contribution >= 0.6 is 0 Å². The molecule has 0 spiro atoms. The predicted octanol–water partition coefficient (Wildman–Crippen LogP) is -4.06. The van der Waals surface area contributed by atoms with Gasteiger partial charge in [-0.1, -0.05) is 14.9 Å². The molecule has 0 aliphatic heterocycles. The maximum absolute atomic E-state index is 9.19. The van der Waals surface area contributed by atoms with Gasteiger partial charge in [-0.05, 0) is 0 Å². The molecule has 2 radical (unpaired) electrons. The van der Waals surface area contributed by atoms with E-state index in [2.05, 4.69) is 0 Å². The van der Waals surface area contributed by atoms with Gasteiger partial charge in [0.05, 0.1) is 61.6 Å². The zero-order valence-electron chi connectivity index (χ0n) is 43.0. The molecule has 0 unspecified atom stereocenters. The van der Waals surface area contributed by atoms with E-state index in [0.717, 1.165) is 0 Å². The summed E-state index contributed by atoms with van der Waals surface area (Å²) < 4.78 is 304. The Balaban J connectivity index is -0.00000000915. The van der Waals surface area contributed by atoms with E-state index in [-0.39, 0.29) is 124 Å². The fraction of sp³-hybridized carbons (Fsp3) is 0.556. The number of hydrogen-bond acceptors (Lipinski definition) is 30. The Labute approximate surface area is 512 Å². The van der Waals surface area contributed by atoms with Crippen LogP contribution in [0.5, 0.6) is 0 Å². The van der Waals surface area contributed by atoms with Crippen LogP contribution in [0.15, 0.2) is 0 Å². The molecule has 0 saturated carbocycles. The van der Waals surface area contributed by atoms with E-state index in [0.29, 0.717) is 50.0 Å². The van der Waals surface area contributed by atoms with Crippen molar-refractivity contribution in [1.82, 2.24) is 0 Å². The average Bonchev–Trinajstić information content (AvgIpc) is 2.86. The molecule has 0 aromatic carbocycles. The van der Waals surface area contributed by atoms with Crippen molar-refractivity contribution in [1.29, 1.82) is 0 Å². The molecule has 0 rings (SSSR count). The summed E-state index contributed by atoms with van der Waals surface area (Å²) in [5.41, 5.74) is 0. The van der Waals surface area contributed by atoms with Crippen LogP contribution in [0.1, 0.15) is 19.1 Å². The van der Waals surface area contributed by atoms with E-state index in [1.165, 1.54) is 0 Å². The minimum atomic E-state index is -3.92. The molecular weight excluding hydrogens is 1590 g/mol.